The predicted molar refractivity (Wildman–Crippen MR) is 72.9 cm³/mol. The number of rotatable bonds is 0. The molecule has 0 saturated carbocycles. The van der Waals surface area contributed by atoms with E-state index >= 15 is 0 Å². The van der Waals surface area contributed by atoms with Crippen molar-refractivity contribution in [2.24, 2.45) is 0 Å². The number of fused-ring (bicyclic) bond motifs is 1. The minimum absolute atomic E-state index is 0.722. The fourth-order valence-corrected chi connectivity index (χ4v) is 1.78. The van der Waals surface area contributed by atoms with E-state index < -0.39 is 0 Å². The van der Waals surface area contributed by atoms with Gasteiger partial charge in [0.05, 0.1) is 5.69 Å². The molecule has 3 N–H and O–H groups in total. The molecule has 86 valence electrons. The van der Waals surface area contributed by atoms with Crippen LogP contribution in [0, 0.1) is 11.8 Å². The summed E-state index contributed by atoms with van der Waals surface area (Å²) in [6.45, 7) is 0. The standard InChI is InChI=1S/C15H11N3/c16-13-5-1-3-11(9-13)6-7-14-10-12-4-2-8-17-15(12)18-14/h1-5,8-10H,16H2,(H,17,18). The Morgan fingerprint density at radius 3 is 2.83 bits per heavy atom. The largest absolute Gasteiger partial charge is 0.399 e. The summed E-state index contributed by atoms with van der Waals surface area (Å²) in [5.74, 6) is 6.15. The number of nitrogens with zero attached hydrogens (tertiary/aromatic N) is 1. The van der Waals surface area contributed by atoms with Gasteiger partial charge in [-0.3, -0.25) is 0 Å². The van der Waals surface area contributed by atoms with Crippen LogP contribution in [0.3, 0.4) is 0 Å². The van der Waals surface area contributed by atoms with Crippen molar-refractivity contribution in [3.8, 4) is 11.8 Å². The summed E-state index contributed by atoms with van der Waals surface area (Å²) in [4.78, 5) is 7.39. The molecular formula is C15H11N3. The molecule has 1 aromatic carbocycles. The van der Waals surface area contributed by atoms with E-state index in [2.05, 4.69) is 21.8 Å². The lowest BCUT2D eigenvalue weighted by molar-refractivity contribution is 1.31. The van der Waals surface area contributed by atoms with Gasteiger partial charge in [-0.15, -0.1) is 0 Å². The summed E-state index contributed by atoms with van der Waals surface area (Å²) < 4.78 is 0. The molecule has 2 aromatic heterocycles. The second kappa shape index (κ2) is 4.27. The van der Waals surface area contributed by atoms with E-state index in [1.807, 2.05) is 42.5 Å². The van der Waals surface area contributed by atoms with Crippen molar-refractivity contribution in [3.63, 3.8) is 0 Å². The quantitative estimate of drug-likeness (QED) is 0.463. The number of nitrogens with two attached hydrogens (primary N) is 1. The first-order valence-corrected chi connectivity index (χ1v) is 5.62. The molecule has 0 spiro atoms. The van der Waals surface area contributed by atoms with Crippen molar-refractivity contribution in [3.05, 3.63) is 59.9 Å². The van der Waals surface area contributed by atoms with Crippen molar-refractivity contribution < 1.29 is 0 Å². The highest BCUT2D eigenvalue weighted by atomic mass is 14.8. The van der Waals surface area contributed by atoms with Gasteiger partial charge in [-0.2, -0.15) is 0 Å². The van der Waals surface area contributed by atoms with Gasteiger partial charge < -0.3 is 10.7 Å². The van der Waals surface area contributed by atoms with Crippen LogP contribution in [0.15, 0.2) is 48.7 Å². The Morgan fingerprint density at radius 1 is 1.06 bits per heavy atom. The number of aromatic amines is 1. The molecule has 0 aliphatic carbocycles. The monoisotopic (exact) mass is 233 g/mol. The third-order valence-electron chi connectivity index (χ3n) is 2.62. The van der Waals surface area contributed by atoms with Crippen molar-refractivity contribution in [2.75, 3.05) is 5.73 Å². The number of anilines is 1. The van der Waals surface area contributed by atoms with Crippen LogP contribution in [0.25, 0.3) is 11.0 Å². The lowest BCUT2D eigenvalue weighted by Gasteiger charge is -1.91. The van der Waals surface area contributed by atoms with Crippen molar-refractivity contribution in [1.82, 2.24) is 9.97 Å². The summed E-state index contributed by atoms with van der Waals surface area (Å²) >= 11 is 0. The molecule has 0 unspecified atom stereocenters. The molecule has 0 aliphatic heterocycles. The smallest absolute Gasteiger partial charge is 0.138 e. The SMILES string of the molecule is Nc1cccc(C#Cc2cc3cccnc3[nH]2)c1. The third kappa shape index (κ3) is 2.04. The molecule has 3 rings (SSSR count). The molecule has 3 aromatic rings. The predicted octanol–water partition coefficient (Wildman–Crippen LogP) is 2.54. The molecule has 0 bridgehead atoms. The molecule has 0 saturated heterocycles. The number of hydrogen-bond acceptors (Lipinski definition) is 2. The number of pyridine rings is 1. The summed E-state index contributed by atoms with van der Waals surface area (Å²) in [5.41, 5.74) is 9.04. The van der Waals surface area contributed by atoms with E-state index in [9.17, 15) is 0 Å². The topological polar surface area (TPSA) is 54.7 Å². The zero-order chi connectivity index (χ0) is 12.4. The van der Waals surface area contributed by atoms with Crippen LogP contribution < -0.4 is 5.73 Å². The zero-order valence-corrected chi connectivity index (χ0v) is 9.64. The Hall–Kier alpha value is -2.73. The van der Waals surface area contributed by atoms with Gasteiger partial charge in [0.2, 0.25) is 0 Å². The summed E-state index contributed by atoms with van der Waals surface area (Å²) in [5, 5.41) is 1.06. The Kier molecular flexibility index (Phi) is 2.47. The summed E-state index contributed by atoms with van der Waals surface area (Å²) in [6.07, 6.45) is 1.76. The van der Waals surface area contributed by atoms with Crippen LogP contribution in [-0.2, 0) is 0 Å². The average Bonchev–Trinajstić information content (AvgIpc) is 2.79. The zero-order valence-electron chi connectivity index (χ0n) is 9.64. The highest BCUT2D eigenvalue weighted by Crippen LogP contribution is 2.11. The van der Waals surface area contributed by atoms with Crippen LogP contribution in [0.4, 0.5) is 5.69 Å². The second-order valence-corrected chi connectivity index (χ2v) is 4.00. The van der Waals surface area contributed by atoms with E-state index in [-0.39, 0.29) is 0 Å². The van der Waals surface area contributed by atoms with Crippen LogP contribution in [0.2, 0.25) is 0 Å². The molecule has 0 fully saturated rings. The van der Waals surface area contributed by atoms with E-state index in [1.54, 1.807) is 6.20 Å². The van der Waals surface area contributed by atoms with Crippen molar-refractivity contribution >= 4 is 16.7 Å². The second-order valence-electron chi connectivity index (χ2n) is 4.00. The van der Waals surface area contributed by atoms with E-state index in [0.29, 0.717) is 0 Å². The van der Waals surface area contributed by atoms with Crippen LogP contribution >= 0.6 is 0 Å². The minimum atomic E-state index is 0.722. The van der Waals surface area contributed by atoms with Crippen LogP contribution in [-0.4, -0.2) is 9.97 Å². The molecule has 2 heterocycles. The van der Waals surface area contributed by atoms with Gasteiger partial charge in [0.1, 0.15) is 5.65 Å². The highest BCUT2D eigenvalue weighted by Gasteiger charge is 1.97. The fourth-order valence-electron chi connectivity index (χ4n) is 1.78. The maximum Gasteiger partial charge on any atom is 0.138 e. The normalized spacial score (nSPS) is 10.0. The van der Waals surface area contributed by atoms with Gasteiger partial charge in [-0.25, -0.2) is 4.98 Å². The average molecular weight is 233 g/mol. The Morgan fingerprint density at radius 2 is 2.00 bits per heavy atom. The van der Waals surface area contributed by atoms with Gasteiger partial charge in [0.25, 0.3) is 0 Å². The number of benzene rings is 1. The summed E-state index contributed by atoms with van der Waals surface area (Å²) in [7, 11) is 0. The Labute approximate surface area is 105 Å². The van der Waals surface area contributed by atoms with Gasteiger partial charge >= 0.3 is 0 Å². The van der Waals surface area contributed by atoms with Crippen molar-refractivity contribution in [2.45, 2.75) is 0 Å². The first kappa shape index (κ1) is 10.4. The molecule has 3 nitrogen and oxygen atoms in total. The number of H-pyrrole nitrogens is 1. The number of aromatic nitrogens is 2. The third-order valence-corrected chi connectivity index (χ3v) is 2.62. The van der Waals surface area contributed by atoms with Crippen molar-refractivity contribution in [1.29, 1.82) is 0 Å². The van der Waals surface area contributed by atoms with Gasteiger partial charge in [0, 0.05) is 22.8 Å². The molecule has 18 heavy (non-hydrogen) atoms. The van der Waals surface area contributed by atoms with Gasteiger partial charge in [-0.05, 0) is 42.3 Å². The fraction of sp³-hybridized carbons (Fsp3) is 0. The molecule has 0 amide bonds. The number of nitrogens with one attached hydrogen (secondary N) is 1. The van der Waals surface area contributed by atoms with E-state index in [1.165, 1.54) is 0 Å². The van der Waals surface area contributed by atoms with E-state index in [4.69, 9.17) is 5.73 Å². The summed E-state index contributed by atoms with van der Waals surface area (Å²) in [6, 6.07) is 13.4. The molecule has 0 radical (unpaired) electrons. The lowest BCUT2D eigenvalue weighted by atomic mass is 10.2. The Balaban J connectivity index is 1.97. The first-order valence-electron chi connectivity index (χ1n) is 5.62. The Bertz CT molecular complexity index is 727. The highest BCUT2D eigenvalue weighted by molar-refractivity contribution is 5.77. The maximum absolute atomic E-state index is 5.70. The molecule has 0 atom stereocenters. The first-order chi connectivity index (χ1) is 8.81. The minimum Gasteiger partial charge on any atom is -0.399 e. The van der Waals surface area contributed by atoms with Crippen LogP contribution in [0.1, 0.15) is 11.3 Å². The molecular weight excluding hydrogens is 222 g/mol. The van der Waals surface area contributed by atoms with Gasteiger partial charge in [-0.1, -0.05) is 12.0 Å². The molecule has 0 aliphatic rings. The number of hydrogen-bond donors (Lipinski definition) is 2. The lowest BCUT2D eigenvalue weighted by Crippen LogP contribution is -1.84. The van der Waals surface area contributed by atoms with Crippen LogP contribution in [0.5, 0.6) is 0 Å². The molecule has 3 heteroatoms. The maximum atomic E-state index is 5.70. The van der Waals surface area contributed by atoms with Gasteiger partial charge in [0.15, 0.2) is 0 Å². The number of nitrogen functional groups attached to an aromatic ring is 1. The van der Waals surface area contributed by atoms with E-state index in [0.717, 1.165) is 28.0 Å².